The first-order valence-corrected chi connectivity index (χ1v) is 11.7. The van der Waals surface area contributed by atoms with Gasteiger partial charge in [0.05, 0.1) is 19.5 Å². The SMILES string of the molecule is CCOC(=O)COc1ccc(C[C@H](NS(C)(=O)=O)C(=O)N(C)CC)cc1C(=O)OCC. The van der Waals surface area contributed by atoms with Crippen molar-refractivity contribution in [2.45, 2.75) is 33.2 Å². The van der Waals surface area contributed by atoms with E-state index in [1.807, 2.05) is 0 Å². The minimum atomic E-state index is -3.66. The summed E-state index contributed by atoms with van der Waals surface area (Å²) in [7, 11) is -2.10. The molecule has 0 saturated carbocycles. The fourth-order valence-corrected chi connectivity index (χ4v) is 3.33. The minimum Gasteiger partial charge on any atom is -0.481 e. The Labute approximate surface area is 182 Å². The van der Waals surface area contributed by atoms with Gasteiger partial charge in [-0.25, -0.2) is 22.7 Å². The van der Waals surface area contributed by atoms with Gasteiger partial charge in [0.25, 0.3) is 0 Å². The third-order valence-corrected chi connectivity index (χ3v) is 4.85. The minimum absolute atomic E-state index is 0.000798. The Morgan fingerprint density at radius 1 is 1.10 bits per heavy atom. The molecule has 0 bridgehead atoms. The van der Waals surface area contributed by atoms with E-state index in [1.54, 1.807) is 33.9 Å². The number of carbonyl (C=O) groups excluding carboxylic acids is 3. The topological polar surface area (TPSA) is 128 Å². The lowest BCUT2D eigenvalue weighted by Crippen LogP contribution is -2.48. The van der Waals surface area contributed by atoms with Crippen molar-refractivity contribution in [2.75, 3.05) is 39.7 Å². The fourth-order valence-electron chi connectivity index (χ4n) is 2.63. The highest BCUT2D eigenvalue weighted by Gasteiger charge is 2.26. The third-order valence-electron chi connectivity index (χ3n) is 4.13. The van der Waals surface area contributed by atoms with Gasteiger partial charge in [0.2, 0.25) is 15.9 Å². The molecule has 0 aromatic heterocycles. The molecule has 0 aliphatic rings. The van der Waals surface area contributed by atoms with Crippen molar-refractivity contribution in [2.24, 2.45) is 0 Å². The van der Waals surface area contributed by atoms with Crippen molar-refractivity contribution in [1.29, 1.82) is 0 Å². The van der Waals surface area contributed by atoms with Crippen LogP contribution in [0.1, 0.15) is 36.7 Å². The number of ether oxygens (including phenoxy) is 3. The van der Waals surface area contributed by atoms with E-state index in [9.17, 15) is 22.8 Å². The molecule has 0 aliphatic heterocycles. The smallest absolute Gasteiger partial charge is 0.344 e. The Morgan fingerprint density at radius 2 is 1.74 bits per heavy atom. The van der Waals surface area contributed by atoms with Crippen molar-refractivity contribution in [1.82, 2.24) is 9.62 Å². The van der Waals surface area contributed by atoms with Gasteiger partial charge >= 0.3 is 11.9 Å². The molecule has 0 heterocycles. The number of benzene rings is 1. The molecule has 1 atom stereocenters. The Balaban J connectivity index is 3.21. The first-order chi connectivity index (χ1) is 14.5. The standard InChI is InChI=1S/C20H30N2O8S/c1-6-22(4)19(24)16(21-31(5,26)27)12-14-9-10-17(30-13-18(23)28-7-2)15(11-14)20(25)29-8-3/h9-11,16,21H,6-8,12-13H2,1-5H3/t16-/m0/s1. The monoisotopic (exact) mass is 458 g/mol. The molecule has 1 aromatic rings. The van der Waals surface area contributed by atoms with E-state index in [4.69, 9.17) is 14.2 Å². The summed E-state index contributed by atoms with van der Waals surface area (Å²) in [6.45, 7) is 5.40. The molecule has 174 valence electrons. The number of amides is 1. The summed E-state index contributed by atoms with van der Waals surface area (Å²) < 4.78 is 41.1. The van der Waals surface area contributed by atoms with Crippen LogP contribution in [0.4, 0.5) is 0 Å². The van der Waals surface area contributed by atoms with Gasteiger partial charge in [-0.2, -0.15) is 0 Å². The number of hydrogen-bond donors (Lipinski definition) is 1. The maximum Gasteiger partial charge on any atom is 0.344 e. The van der Waals surface area contributed by atoms with Gasteiger partial charge in [0.1, 0.15) is 17.4 Å². The van der Waals surface area contributed by atoms with Crippen LogP contribution in [0.15, 0.2) is 18.2 Å². The van der Waals surface area contributed by atoms with Gasteiger partial charge in [0.15, 0.2) is 6.61 Å². The Morgan fingerprint density at radius 3 is 2.29 bits per heavy atom. The normalized spacial score (nSPS) is 12.0. The summed E-state index contributed by atoms with van der Waals surface area (Å²) in [6, 6.07) is 3.45. The molecule has 1 rings (SSSR count). The first kappa shape index (κ1) is 26.4. The quantitative estimate of drug-likeness (QED) is 0.454. The third kappa shape index (κ3) is 8.93. The molecule has 0 radical (unpaired) electrons. The number of hydrogen-bond acceptors (Lipinski definition) is 8. The molecule has 1 amide bonds. The van der Waals surface area contributed by atoms with Crippen LogP contribution in [0.25, 0.3) is 0 Å². The van der Waals surface area contributed by atoms with Gasteiger partial charge in [0, 0.05) is 13.6 Å². The van der Waals surface area contributed by atoms with Crippen LogP contribution in [-0.2, 0) is 35.5 Å². The largest absolute Gasteiger partial charge is 0.481 e. The van der Waals surface area contributed by atoms with E-state index in [1.165, 1.54) is 17.0 Å². The average molecular weight is 459 g/mol. The molecule has 10 nitrogen and oxygen atoms in total. The van der Waals surface area contributed by atoms with Gasteiger partial charge in [-0.15, -0.1) is 0 Å². The van der Waals surface area contributed by atoms with Crippen LogP contribution in [-0.4, -0.2) is 76.9 Å². The van der Waals surface area contributed by atoms with Crippen LogP contribution in [0.3, 0.4) is 0 Å². The van der Waals surface area contributed by atoms with Crippen LogP contribution in [0, 0.1) is 0 Å². The molecular weight excluding hydrogens is 428 g/mol. The molecular formula is C20H30N2O8S. The van der Waals surface area contributed by atoms with E-state index in [0.29, 0.717) is 12.1 Å². The zero-order chi connectivity index (χ0) is 23.6. The van der Waals surface area contributed by atoms with Crippen molar-refractivity contribution >= 4 is 27.9 Å². The van der Waals surface area contributed by atoms with E-state index in [0.717, 1.165) is 6.26 Å². The molecule has 0 saturated heterocycles. The van der Waals surface area contributed by atoms with E-state index < -0.39 is 40.5 Å². The summed E-state index contributed by atoms with van der Waals surface area (Å²) >= 11 is 0. The summed E-state index contributed by atoms with van der Waals surface area (Å²) in [5.74, 6) is -1.56. The maximum absolute atomic E-state index is 12.6. The molecule has 31 heavy (non-hydrogen) atoms. The van der Waals surface area contributed by atoms with Gasteiger partial charge in [-0.3, -0.25) is 4.79 Å². The van der Waals surface area contributed by atoms with Crippen molar-refractivity contribution in [3.63, 3.8) is 0 Å². The molecule has 0 fully saturated rings. The van der Waals surface area contributed by atoms with E-state index >= 15 is 0 Å². The van der Waals surface area contributed by atoms with Gasteiger partial charge in [-0.05, 0) is 44.9 Å². The van der Waals surface area contributed by atoms with E-state index in [-0.39, 0.29) is 30.9 Å². The zero-order valence-corrected chi connectivity index (χ0v) is 19.3. The second kappa shape index (κ2) is 12.3. The molecule has 1 aromatic carbocycles. The van der Waals surface area contributed by atoms with Gasteiger partial charge in [-0.1, -0.05) is 6.07 Å². The lowest BCUT2D eigenvalue weighted by atomic mass is 10.0. The van der Waals surface area contributed by atoms with Crippen molar-refractivity contribution < 1.29 is 37.0 Å². The number of likely N-dealkylation sites (N-methyl/N-ethyl adjacent to an activating group) is 1. The Hall–Kier alpha value is -2.66. The predicted molar refractivity (Wildman–Crippen MR) is 113 cm³/mol. The molecule has 0 spiro atoms. The lowest BCUT2D eigenvalue weighted by Gasteiger charge is -2.23. The number of esters is 2. The van der Waals surface area contributed by atoms with Crippen LogP contribution >= 0.6 is 0 Å². The molecule has 1 N–H and O–H groups in total. The van der Waals surface area contributed by atoms with Crippen molar-refractivity contribution in [3.8, 4) is 5.75 Å². The molecule has 0 unspecified atom stereocenters. The summed E-state index contributed by atoms with van der Waals surface area (Å²) in [6.07, 6.45) is 0.969. The second-order valence-corrected chi connectivity index (χ2v) is 8.42. The number of nitrogens with zero attached hydrogens (tertiary/aromatic N) is 1. The van der Waals surface area contributed by atoms with Gasteiger partial charge < -0.3 is 19.1 Å². The first-order valence-electron chi connectivity index (χ1n) is 9.83. The summed E-state index contributed by atoms with van der Waals surface area (Å²) in [5, 5.41) is 0. The maximum atomic E-state index is 12.6. The zero-order valence-electron chi connectivity index (χ0n) is 18.5. The fraction of sp³-hybridized carbons (Fsp3) is 0.550. The lowest BCUT2D eigenvalue weighted by molar-refractivity contribution is -0.145. The average Bonchev–Trinajstić information content (AvgIpc) is 2.70. The Bertz CT molecular complexity index is 885. The second-order valence-electron chi connectivity index (χ2n) is 6.64. The summed E-state index contributed by atoms with van der Waals surface area (Å²) in [5.41, 5.74) is 0.559. The van der Waals surface area contributed by atoms with Crippen LogP contribution < -0.4 is 9.46 Å². The number of carbonyl (C=O) groups is 3. The predicted octanol–water partition coefficient (Wildman–Crippen LogP) is 0.744. The number of nitrogens with one attached hydrogen (secondary N) is 1. The highest BCUT2D eigenvalue weighted by atomic mass is 32.2. The van der Waals surface area contributed by atoms with Crippen LogP contribution in [0.5, 0.6) is 5.75 Å². The number of rotatable bonds is 12. The number of sulfonamides is 1. The highest BCUT2D eigenvalue weighted by molar-refractivity contribution is 7.88. The van der Waals surface area contributed by atoms with Crippen LogP contribution in [0.2, 0.25) is 0 Å². The highest BCUT2D eigenvalue weighted by Crippen LogP contribution is 2.23. The summed E-state index contributed by atoms with van der Waals surface area (Å²) in [4.78, 5) is 38.0. The molecule has 11 heteroatoms. The van der Waals surface area contributed by atoms with E-state index in [2.05, 4.69) is 4.72 Å². The molecule has 0 aliphatic carbocycles. The Kier molecular flexibility index (Phi) is 10.4. The van der Waals surface area contributed by atoms with Crippen molar-refractivity contribution in [3.05, 3.63) is 29.3 Å².